The quantitative estimate of drug-likeness (QED) is 0.671. The molecule has 100 valence electrons. The molecule has 3 rings (SSSR count). The number of benzene rings is 2. The minimum absolute atomic E-state index is 0.105. The van der Waals surface area contributed by atoms with Gasteiger partial charge in [-0.25, -0.2) is 0 Å². The van der Waals surface area contributed by atoms with Gasteiger partial charge in [-0.05, 0) is 17.7 Å². The Morgan fingerprint density at radius 1 is 0.950 bits per heavy atom. The van der Waals surface area contributed by atoms with Crippen molar-refractivity contribution >= 4 is 17.3 Å². The second-order valence-corrected chi connectivity index (χ2v) is 4.68. The highest BCUT2D eigenvalue weighted by Gasteiger charge is 2.32. The second kappa shape index (κ2) is 4.49. The van der Waals surface area contributed by atoms with Crippen molar-refractivity contribution in [1.29, 1.82) is 0 Å². The van der Waals surface area contributed by atoms with Crippen LogP contribution >= 0.6 is 0 Å². The fourth-order valence-corrected chi connectivity index (χ4v) is 2.62. The van der Waals surface area contributed by atoms with E-state index in [9.17, 15) is 9.59 Å². The molecular formula is C16H13NO3. The first-order valence-corrected chi connectivity index (χ1v) is 6.25. The molecule has 20 heavy (non-hydrogen) atoms. The number of ketones is 2. The molecule has 0 spiro atoms. The Labute approximate surface area is 116 Å². The lowest BCUT2D eigenvalue weighted by molar-refractivity contribution is 0.0923. The predicted octanol–water partition coefficient (Wildman–Crippen LogP) is 2.71. The molecule has 0 fully saturated rings. The van der Waals surface area contributed by atoms with Crippen molar-refractivity contribution in [3.05, 3.63) is 47.5 Å². The Balaban J connectivity index is 2.32. The number of fused-ring (bicyclic) bond motifs is 1. The maximum Gasteiger partial charge on any atom is 0.173 e. The zero-order valence-electron chi connectivity index (χ0n) is 11.0. The van der Waals surface area contributed by atoms with Crippen molar-refractivity contribution in [1.82, 2.24) is 0 Å². The number of hydrogen-bond acceptors (Lipinski definition) is 4. The summed E-state index contributed by atoms with van der Waals surface area (Å²) in [4.78, 5) is 24.0. The normalized spacial score (nSPS) is 13.4. The Kier molecular flexibility index (Phi) is 2.79. The van der Waals surface area contributed by atoms with Gasteiger partial charge in [0.25, 0.3) is 0 Å². The van der Waals surface area contributed by atoms with Crippen molar-refractivity contribution in [2.45, 2.75) is 6.42 Å². The summed E-state index contributed by atoms with van der Waals surface area (Å²) < 4.78 is 5.32. The topological polar surface area (TPSA) is 69.4 Å². The number of anilines is 1. The van der Waals surface area contributed by atoms with E-state index in [1.807, 2.05) is 24.3 Å². The Morgan fingerprint density at radius 3 is 2.40 bits per heavy atom. The Bertz CT molecular complexity index is 734. The SMILES string of the molecule is COc1ccccc1-c1ccc(N)c2c1C(=O)CC2=O. The fraction of sp³-hybridized carbons (Fsp3) is 0.125. The number of Topliss-reactive ketones (excluding diaryl/α,β-unsaturated/α-hetero) is 2. The summed E-state index contributed by atoms with van der Waals surface area (Å²) >= 11 is 0. The lowest BCUT2D eigenvalue weighted by Crippen LogP contribution is -2.01. The van der Waals surface area contributed by atoms with Crippen LogP contribution in [0, 0.1) is 0 Å². The van der Waals surface area contributed by atoms with E-state index < -0.39 is 0 Å². The minimum Gasteiger partial charge on any atom is -0.496 e. The molecule has 2 N–H and O–H groups in total. The standard InChI is InChI=1S/C16H13NO3/c1-20-14-5-3-2-4-9(14)10-6-7-11(17)16-13(19)8-12(18)15(10)16/h2-7H,8,17H2,1H3. The largest absolute Gasteiger partial charge is 0.496 e. The van der Waals surface area contributed by atoms with E-state index in [0.29, 0.717) is 28.1 Å². The summed E-state index contributed by atoms with van der Waals surface area (Å²) in [7, 11) is 1.57. The summed E-state index contributed by atoms with van der Waals surface area (Å²) in [5, 5.41) is 0. The predicted molar refractivity (Wildman–Crippen MR) is 76.1 cm³/mol. The van der Waals surface area contributed by atoms with Crippen LogP contribution in [0.3, 0.4) is 0 Å². The Hall–Kier alpha value is -2.62. The molecule has 0 aliphatic heterocycles. The molecule has 0 radical (unpaired) electrons. The van der Waals surface area contributed by atoms with Gasteiger partial charge in [0.15, 0.2) is 11.6 Å². The van der Waals surface area contributed by atoms with Gasteiger partial charge in [0.05, 0.1) is 19.1 Å². The third-order valence-electron chi connectivity index (χ3n) is 3.51. The van der Waals surface area contributed by atoms with E-state index in [0.717, 1.165) is 5.56 Å². The summed E-state index contributed by atoms with van der Waals surface area (Å²) in [5.74, 6) is 0.268. The number of nitrogens with two attached hydrogens (primary N) is 1. The van der Waals surface area contributed by atoms with E-state index >= 15 is 0 Å². The molecule has 0 aromatic heterocycles. The van der Waals surface area contributed by atoms with E-state index in [-0.39, 0.29) is 18.0 Å². The van der Waals surface area contributed by atoms with Crippen molar-refractivity contribution in [3.63, 3.8) is 0 Å². The van der Waals surface area contributed by atoms with Crippen molar-refractivity contribution in [2.24, 2.45) is 0 Å². The van der Waals surface area contributed by atoms with Gasteiger partial charge in [-0.3, -0.25) is 9.59 Å². The van der Waals surface area contributed by atoms with Gasteiger partial charge in [0, 0.05) is 16.8 Å². The molecule has 2 aromatic rings. The summed E-state index contributed by atoms with van der Waals surface area (Å²) in [6, 6.07) is 10.8. The molecule has 0 saturated carbocycles. The second-order valence-electron chi connectivity index (χ2n) is 4.68. The van der Waals surface area contributed by atoms with Crippen LogP contribution in [0.2, 0.25) is 0 Å². The van der Waals surface area contributed by atoms with Crippen LogP contribution in [0.5, 0.6) is 5.75 Å². The molecule has 1 aliphatic rings. The maximum absolute atomic E-state index is 12.1. The van der Waals surface area contributed by atoms with Gasteiger partial charge in [-0.2, -0.15) is 0 Å². The zero-order valence-corrected chi connectivity index (χ0v) is 11.0. The van der Waals surface area contributed by atoms with Crippen LogP contribution in [0.15, 0.2) is 36.4 Å². The van der Waals surface area contributed by atoms with Crippen LogP contribution in [0.1, 0.15) is 27.1 Å². The van der Waals surface area contributed by atoms with E-state index in [1.165, 1.54) is 0 Å². The number of carbonyl (C=O) groups excluding carboxylic acids is 2. The van der Waals surface area contributed by atoms with Gasteiger partial charge < -0.3 is 10.5 Å². The van der Waals surface area contributed by atoms with Gasteiger partial charge in [-0.15, -0.1) is 0 Å². The number of methoxy groups -OCH3 is 1. The van der Waals surface area contributed by atoms with Gasteiger partial charge >= 0.3 is 0 Å². The van der Waals surface area contributed by atoms with E-state index in [4.69, 9.17) is 10.5 Å². The molecule has 0 bridgehead atoms. The number of hydrogen-bond donors (Lipinski definition) is 1. The highest BCUT2D eigenvalue weighted by atomic mass is 16.5. The molecule has 0 saturated heterocycles. The molecule has 0 amide bonds. The van der Waals surface area contributed by atoms with E-state index in [1.54, 1.807) is 19.2 Å². The van der Waals surface area contributed by atoms with Gasteiger partial charge in [0.1, 0.15) is 5.75 Å². The van der Waals surface area contributed by atoms with Gasteiger partial charge in [-0.1, -0.05) is 24.3 Å². The number of para-hydroxylation sites is 1. The monoisotopic (exact) mass is 267 g/mol. The zero-order chi connectivity index (χ0) is 14.3. The van der Waals surface area contributed by atoms with E-state index in [2.05, 4.69) is 0 Å². The number of rotatable bonds is 2. The summed E-state index contributed by atoms with van der Waals surface area (Å²) in [6.07, 6.45) is -0.105. The summed E-state index contributed by atoms with van der Waals surface area (Å²) in [6.45, 7) is 0. The molecule has 0 unspecified atom stereocenters. The third-order valence-corrected chi connectivity index (χ3v) is 3.51. The van der Waals surface area contributed by atoms with Crippen molar-refractivity contribution in [2.75, 3.05) is 12.8 Å². The first-order valence-electron chi connectivity index (χ1n) is 6.25. The lowest BCUT2D eigenvalue weighted by atomic mass is 9.94. The maximum atomic E-state index is 12.1. The highest BCUT2D eigenvalue weighted by molar-refractivity contribution is 6.28. The third kappa shape index (κ3) is 1.69. The molecular weight excluding hydrogens is 254 g/mol. The number of ether oxygens (including phenoxy) is 1. The van der Waals surface area contributed by atoms with Crippen LogP contribution in [0.4, 0.5) is 5.69 Å². The first-order chi connectivity index (χ1) is 9.63. The molecule has 1 aliphatic carbocycles. The lowest BCUT2D eigenvalue weighted by Gasteiger charge is -2.12. The van der Waals surface area contributed by atoms with Crippen LogP contribution < -0.4 is 10.5 Å². The number of nitrogen functional groups attached to an aromatic ring is 1. The fourth-order valence-electron chi connectivity index (χ4n) is 2.62. The van der Waals surface area contributed by atoms with Crippen LogP contribution in [-0.4, -0.2) is 18.7 Å². The Morgan fingerprint density at radius 2 is 1.65 bits per heavy atom. The van der Waals surface area contributed by atoms with Crippen molar-refractivity contribution in [3.8, 4) is 16.9 Å². The molecule has 4 heteroatoms. The molecule has 0 heterocycles. The smallest absolute Gasteiger partial charge is 0.173 e. The number of carbonyl (C=O) groups is 2. The highest BCUT2D eigenvalue weighted by Crippen LogP contribution is 2.39. The first kappa shape index (κ1) is 12.4. The summed E-state index contributed by atoms with van der Waals surface area (Å²) in [5.41, 5.74) is 8.44. The van der Waals surface area contributed by atoms with Gasteiger partial charge in [0.2, 0.25) is 0 Å². The molecule has 4 nitrogen and oxygen atoms in total. The average molecular weight is 267 g/mol. The molecule has 0 atom stereocenters. The van der Waals surface area contributed by atoms with Crippen LogP contribution in [0.25, 0.3) is 11.1 Å². The average Bonchev–Trinajstić information content (AvgIpc) is 2.76. The minimum atomic E-state index is -0.209. The molecule has 2 aromatic carbocycles. The van der Waals surface area contributed by atoms with Crippen LogP contribution in [-0.2, 0) is 0 Å². The van der Waals surface area contributed by atoms with Crippen molar-refractivity contribution < 1.29 is 14.3 Å².